The summed E-state index contributed by atoms with van der Waals surface area (Å²) in [4.78, 5) is 11.9. The van der Waals surface area contributed by atoms with Crippen molar-refractivity contribution in [3.05, 3.63) is 0 Å². The molecule has 0 spiro atoms. The summed E-state index contributed by atoms with van der Waals surface area (Å²) in [6.45, 7) is 6.43. The maximum Gasteiger partial charge on any atom is 0.149 e. The number of carbonyl (C=O) groups is 1. The molecular formula is C10H18BBrO. The van der Waals surface area contributed by atoms with Crippen LogP contribution in [0.5, 0.6) is 0 Å². The fraction of sp³-hybridized carbons (Fsp3) is 0.900. The molecule has 3 heteroatoms. The van der Waals surface area contributed by atoms with Crippen molar-refractivity contribution in [1.29, 1.82) is 0 Å². The Bertz CT molecular complexity index is 221. The molecule has 1 aliphatic carbocycles. The fourth-order valence-electron chi connectivity index (χ4n) is 1.96. The van der Waals surface area contributed by atoms with Crippen LogP contribution in [0.1, 0.15) is 40.0 Å². The minimum absolute atomic E-state index is 0.0320. The van der Waals surface area contributed by atoms with Gasteiger partial charge in [0.1, 0.15) is 13.6 Å². The van der Waals surface area contributed by atoms with Gasteiger partial charge in [0, 0.05) is 6.42 Å². The Morgan fingerprint density at radius 2 is 2.15 bits per heavy atom. The molecule has 0 aromatic carbocycles. The average molecular weight is 245 g/mol. The Balaban J connectivity index is 2.86. The number of halogens is 1. The number of rotatable bonds is 1. The monoisotopic (exact) mass is 244 g/mol. The van der Waals surface area contributed by atoms with Gasteiger partial charge in [-0.25, -0.2) is 0 Å². The van der Waals surface area contributed by atoms with Gasteiger partial charge in [0.15, 0.2) is 0 Å². The van der Waals surface area contributed by atoms with Crippen molar-refractivity contribution < 1.29 is 4.79 Å². The molecule has 1 saturated carbocycles. The molecule has 13 heavy (non-hydrogen) atoms. The van der Waals surface area contributed by atoms with Crippen LogP contribution in [0.25, 0.3) is 0 Å². The van der Waals surface area contributed by atoms with E-state index in [1.807, 2.05) is 0 Å². The van der Waals surface area contributed by atoms with Gasteiger partial charge in [0.25, 0.3) is 0 Å². The third kappa shape index (κ3) is 2.00. The Morgan fingerprint density at radius 1 is 1.62 bits per heavy atom. The minimum Gasteiger partial charge on any atom is -0.298 e. The normalized spacial score (nSPS) is 36.3. The molecule has 0 aromatic rings. The van der Waals surface area contributed by atoms with Gasteiger partial charge >= 0.3 is 0 Å². The third-order valence-corrected chi connectivity index (χ3v) is 5.17. The van der Waals surface area contributed by atoms with Crippen molar-refractivity contribution in [3.8, 4) is 0 Å². The van der Waals surface area contributed by atoms with E-state index in [9.17, 15) is 4.79 Å². The first-order valence-electron chi connectivity index (χ1n) is 4.99. The largest absolute Gasteiger partial charge is 0.298 e. The first kappa shape index (κ1) is 11.3. The van der Waals surface area contributed by atoms with Gasteiger partial charge in [-0.3, -0.25) is 4.79 Å². The molecule has 0 amide bonds. The number of alkyl halides is 1. The lowest BCUT2D eigenvalue weighted by atomic mass is 9.58. The van der Waals surface area contributed by atoms with Crippen LogP contribution in [0.2, 0.25) is 5.31 Å². The number of Topliss-reactive ketones (excluding diaryl/α,β-unsaturated/α-hetero) is 1. The summed E-state index contributed by atoms with van der Waals surface area (Å²) < 4.78 is -0.271. The Morgan fingerprint density at radius 3 is 2.54 bits per heavy atom. The lowest BCUT2D eigenvalue weighted by molar-refractivity contribution is -0.124. The molecule has 1 nitrogen and oxygen atoms in total. The van der Waals surface area contributed by atoms with Gasteiger partial charge < -0.3 is 0 Å². The van der Waals surface area contributed by atoms with E-state index in [0.29, 0.717) is 11.7 Å². The van der Waals surface area contributed by atoms with E-state index < -0.39 is 0 Å². The predicted octanol–water partition coefficient (Wildman–Crippen LogP) is 2.34. The lowest BCUT2D eigenvalue weighted by Gasteiger charge is -2.43. The summed E-state index contributed by atoms with van der Waals surface area (Å²) >= 11 is 3.66. The molecule has 1 fully saturated rings. The van der Waals surface area contributed by atoms with E-state index in [1.54, 1.807) is 0 Å². The molecule has 0 aromatic heterocycles. The van der Waals surface area contributed by atoms with Gasteiger partial charge in [0.2, 0.25) is 0 Å². The van der Waals surface area contributed by atoms with Gasteiger partial charge in [-0.05, 0) is 24.1 Å². The van der Waals surface area contributed by atoms with E-state index in [-0.39, 0.29) is 9.64 Å². The molecule has 1 unspecified atom stereocenters. The van der Waals surface area contributed by atoms with E-state index in [4.69, 9.17) is 0 Å². The summed E-state index contributed by atoms with van der Waals surface area (Å²) in [5, 5.41) is 0.0320. The molecule has 1 rings (SSSR count). The van der Waals surface area contributed by atoms with Crippen molar-refractivity contribution in [2.75, 3.05) is 0 Å². The zero-order valence-electron chi connectivity index (χ0n) is 8.98. The topological polar surface area (TPSA) is 17.1 Å². The molecule has 0 N–H and O–H groups in total. The van der Waals surface area contributed by atoms with E-state index >= 15 is 0 Å². The molecule has 1 aliphatic rings. The highest BCUT2D eigenvalue weighted by Gasteiger charge is 2.47. The molecule has 0 heterocycles. The second-order valence-electron chi connectivity index (χ2n) is 5.32. The SMILES string of the molecule is BC(C)(C)C1(Br)CC[C@@H](C)CC1=O. The van der Waals surface area contributed by atoms with Crippen LogP contribution in [0, 0.1) is 5.92 Å². The molecule has 0 radical (unpaired) electrons. The van der Waals surface area contributed by atoms with Crippen LogP contribution in [-0.2, 0) is 4.79 Å². The van der Waals surface area contributed by atoms with Crippen molar-refractivity contribution in [1.82, 2.24) is 0 Å². The van der Waals surface area contributed by atoms with Crippen molar-refractivity contribution in [2.24, 2.45) is 5.92 Å². The maximum absolute atomic E-state index is 11.9. The zero-order valence-corrected chi connectivity index (χ0v) is 10.6. The number of carbonyl (C=O) groups excluding carboxylic acids is 1. The van der Waals surface area contributed by atoms with Crippen LogP contribution in [0.15, 0.2) is 0 Å². The van der Waals surface area contributed by atoms with E-state index in [0.717, 1.165) is 19.3 Å². The summed E-state index contributed by atoms with van der Waals surface area (Å²) in [5.74, 6) is 0.958. The highest BCUT2D eigenvalue weighted by Crippen LogP contribution is 2.50. The van der Waals surface area contributed by atoms with Crippen LogP contribution in [-0.4, -0.2) is 18.0 Å². The van der Waals surface area contributed by atoms with Crippen LogP contribution in [0.4, 0.5) is 0 Å². The smallest absolute Gasteiger partial charge is 0.149 e. The van der Waals surface area contributed by atoms with Gasteiger partial charge in [-0.1, -0.05) is 36.7 Å². The Labute approximate surface area is 90.2 Å². The van der Waals surface area contributed by atoms with Crippen molar-refractivity contribution in [3.63, 3.8) is 0 Å². The van der Waals surface area contributed by atoms with E-state index in [2.05, 4.69) is 44.5 Å². The third-order valence-electron chi connectivity index (χ3n) is 3.15. The number of hydrogen-bond donors (Lipinski definition) is 0. The van der Waals surface area contributed by atoms with Crippen molar-refractivity contribution >= 4 is 29.6 Å². The molecule has 74 valence electrons. The average Bonchev–Trinajstić information content (AvgIpc) is 1.95. The summed E-state index contributed by atoms with van der Waals surface area (Å²) in [6.07, 6.45) is 2.88. The first-order chi connectivity index (χ1) is 5.77. The molecule has 0 saturated heterocycles. The van der Waals surface area contributed by atoms with Crippen LogP contribution in [0.3, 0.4) is 0 Å². The number of ketones is 1. The predicted molar refractivity (Wildman–Crippen MR) is 62.3 cm³/mol. The minimum atomic E-state index is -0.271. The van der Waals surface area contributed by atoms with Gasteiger partial charge in [-0.15, -0.1) is 0 Å². The maximum atomic E-state index is 11.9. The van der Waals surface area contributed by atoms with Gasteiger partial charge in [0.05, 0.1) is 4.32 Å². The van der Waals surface area contributed by atoms with Gasteiger partial charge in [-0.2, -0.15) is 0 Å². The quantitative estimate of drug-likeness (QED) is 0.511. The van der Waals surface area contributed by atoms with Crippen LogP contribution >= 0.6 is 15.9 Å². The number of hydrogen-bond acceptors (Lipinski definition) is 1. The Hall–Kier alpha value is 0.215. The van der Waals surface area contributed by atoms with Crippen LogP contribution < -0.4 is 0 Å². The second kappa shape index (κ2) is 3.41. The standard InChI is InChI=1S/C10H18BBrO/c1-7-4-5-10(12,8(13)6-7)9(2,3)11/h7H,4-6,11H2,1-3H3/t7-,10?/m1/s1. The fourth-order valence-corrected chi connectivity index (χ4v) is 2.35. The molecule has 0 aliphatic heterocycles. The highest BCUT2D eigenvalue weighted by atomic mass is 79.9. The first-order valence-corrected chi connectivity index (χ1v) is 5.79. The molecule has 2 atom stereocenters. The molecule has 0 bridgehead atoms. The Kier molecular flexibility index (Phi) is 2.96. The lowest BCUT2D eigenvalue weighted by Crippen LogP contribution is -2.45. The second-order valence-corrected chi connectivity index (χ2v) is 6.68. The zero-order chi connectivity index (χ0) is 10.3. The van der Waals surface area contributed by atoms with E-state index in [1.165, 1.54) is 0 Å². The summed E-state index contributed by atoms with van der Waals surface area (Å²) in [5.41, 5.74) is 0. The molecular weight excluding hydrogens is 227 g/mol. The van der Waals surface area contributed by atoms with Crippen molar-refractivity contribution in [2.45, 2.75) is 49.7 Å². The summed E-state index contributed by atoms with van der Waals surface area (Å²) in [7, 11) is 2.13. The summed E-state index contributed by atoms with van der Waals surface area (Å²) in [6, 6.07) is 0. The highest BCUT2D eigenvalue weighted by molar-refractivity contribution is 9.10.